The van der Waals surface area contributed by atoms with Gasteiger partial charge in [-0.25, -0.2) is 8.42 Å². The van der Waals surface area contributed by atoms with Gasteiger partial charge in [0, 0.05) is 24.4 Å². The molecule has 0 heterocycles. The second kappa shape index (κ2) is 11.2. The van der Waals surface area contributed by atoms with Gasteiger partial charge in [-0.15, -0.1) is 11.8 Å². The number of carbonyl (C=O) groups is 1. The van der Waals surface area contributed by atoms with E-state index in [9.17, 15) is 13.2 Å². The lowest BCUT2D eigenvalue weighted by Crippen LogP contribution is -2.30. The van der Waals surface area contributed by atoms with E-state index in [1.807, 2.05) is 30.3 Å². The molecule has 29 heavy (non-hydrogen) atoms. The van der Waals surface area contributed by atoms with Gasteiger partial charge in [-0.3, -0.25) is 4.79 Å². The van der Waals surface area contributed by atoms with E-state index in [1.165, 1.54) is 28.4 Å². The van der Waals surface area contributed by atoms with Gasteiger partial charge in [-0.2, -0.15) is 4.31 Å². The van der Waals surface area contributed by atoms with Crippen LogP contribution in [0.2, 0.25) is 0 Å². The number of anilines is 1. The zero-order valence-electron chi connectivity index (χ0n) is 17.1. The monoisotopic (exact) mass is 436 g/mol. The molecule has 1 N–H and O–H groups in total. The smallest absolute Gasteiger partial charge is 0.243 e. The number of rotatable bonds is 11. The molecule has 0 aliphatic rings. The Labute approximate surface area is 177 Å². The number of benzene rings is 2. The minimum Gasteiger partial charge on any atom is -0.495 e. The zero-order valence-corrected chi connectivity index (χ0v) is 18.7. The number of carbonyl (C=O) groups excluding carboxylic acids is 1. The highest BCUT2D eigenvalue weighted by Crippen LogP contribution is 2.29. The van der Waals surface area contributed by atoms with E-state index >= 15 is 0 Å². The second-order valence-corrected chi connectivity index (χ2v) is 9.37. The van der Waals surface area contributed by atoms with Crippen LogP contribution < -0.4 is 10.1 Å². The van der Waals surface area contributed by atoms with Crippen LogP contribution in [0.1, 0.15) is 26.7 Å². The molecule has 0 atom stereocenters. The summed E-state index contributed by atoms with van der Waals surface area (Å²) in [6, 6.07) is 14.6. The van der Waals surface area contributed by atoms with Crippen LogP contribution in [0.3, 0.4) is 0 Å². The fourth-order valence-electron chi connectivity index (χ4n) is 2.81. The maximum atomic E-state index is 12.7. The van der Waals surface area contributed by atoms with Crippen molar-refractivity contribution in [3.05, 3.63) is 48.5 Å². The molecule has 0 aromatic heterocycles. The van der Waals surface area contributed by atoms with E-state index in [1.54, 1.807) is 31.7 Å². The van der Waals surface area contributed by atoms with Gasteiger partial charge in [0.05, 0.1) is 17.7 Å². The number of thioether (sulfide) groups is 1. The van der Waals surface area contributed by atoms with Crippen molar-refractivity contribution in [1.82, 2.24) is 4.31 Å². The lowest BCUT2D eigenvalue weighted by molar-refractivity contribution is -0.116. The topological polar surface area (TPSA) is 75.7 Å². The summed E-state index contributed by atoms with van der Waals surface area (Å²) in [7, 11) is -2.13. The molecule has 2 aromatic carbocycles. The van der Waals surface area contributed by atoms with E-state index in [0.717, 1.165) is 5.75 Å². The molecule has 0 unspecified atom stereocenters. The standard InChI is InChI=1S/C21H28N2O4S2/c1-4-23(5-2)29(25,26)18-13-14-20(27-3)19(16-18)22-21(24)12-9-15-28-17-10-7-6-8-11-17/h6-8,10-11,13-14,16H,4-5,9,12,15H2,1-3H3,(H,22,24). The summed E-state index contributed by atoms with van der Waals surface area (Å²) in [5.74, 6) is 1.08. The summed E-state index contributed by atoms with van der Waals surface area (Å²) in [6.07, 6.45) is 1.06. The lowest BCUT2D eigenvalue weighted by atomic mass is 10.2. The van der Waals surface area contributed by atoms with Crippen LogP contribution >= 0.6 is 11.8 Å². The van der Waals surface area contributed by atoms with Gasteiger partial charge in [0.1, 0.15) is 5.75 Å². The molecule has 0 saturated carbocycles. The number of hydrogen-bond acceptors (Lipinski definition) is 5. The molecular formula is C21H28N2O4S2. The van der Waals surface area contributed by atoms with Gasteiger partial charge in [-0.05, 0) is 42.5 Å². The summed E-state index contributed by atoms with van der Waals surface area (Å²) < 4.78 is 32.2. The van der Waals surface area contributed by atoms with Crippen molar-refractivity contribution in [2.45, 2.75) is 36.5 Å². The Kier molecular flexibility index (Phi) is 9.00. The molecular weight excluding hydrogens is 408 g/mol. The summed E-state index contributed by atoms with van der Waals surface area (Å²) in [5, 5.41) is 2.79. The van der Waals surface area contributed by atoms with Gasteiger partial charge in [-0.1, -0.05) is 32.0 Å². The van der Waals surface area contributed by atoms with Gasteiger partial charge in [0.25, 0.3) is 0 Å². The molecule has 2 rings (SSSR count). The minimum atomic E-state index is -3.61. The molecule has 0 aliphatic carbocycles. The van der Waals surface area contributed by atoms with Gasteiger partial charge < -0.3 is 10.1 Å². The first-order valence-corrected chi connectivity index (χ1v) is 12.0. The largest absolute Gasteiger partial charge is 0.495 e. The van der Waals surface area contributed by atoms with Crippen LogP contribution in [0.4, 0.5) is 5.69 Å². The molecule has 0 bridgehead atoms. The zero-order chi connectivity index (χ0) is 21.3. The van der Waals surface area contributed by atoms with E-state index in [-0.39, 0.29) is 10.8 Å². The summed E-state index contributed by atoms with van der Waals surface area (Å²) in [5.41, 5.74) is 0.362. The van der Waals surface area contributed by atoms with Gasteiger partial charge >= 0.3 is 0 Å². The predicted molar refractivity (Wildman–Crippen MR) is 118 cm³/mol. The Balaban J connectivity index is 2.02. The summed E-state index contributed by atoms with van der Waals surface area (Å²) in [6.45, 7) is 4.35. The van der Waals surface area contributed by atoms with Gasteiger partial charge in [0.15, 0.2) is 0 Å². The molecule has 0 radical (unpaired) electrons. The van der Waals surface area contributed by atoms with Crippen LogP contribution in [0.25, 0.3) is 0 Å². The highest BCUT2D eigenvalue weighted by atomic mass is 32.2. The fourth-order valence-corrected chi connectivity index (χ4v) is 5.17. The van der Waals surface area contributed by atoms with E-state index in [0.29, 0.717) is 37.4 Å². The average Bonchev–Trinajstić information content (AvgIpc) is 2.72. The van der Waals surface area contributed by atoms with Crippen LogP contribution in [-0.2, 0) is 14.8 Å². The Hall–Kier alpha value is -2.03. The molecule has 0 spiro atoms. The maximum Gasteiger partial charge on any atom is 0.243 e. The van der Waals surface area contributed by atoms with Crippen molar-refractivity contribution < 1.29 is 17.9 Å². The van der Waals surface area contributed by atoms with E-state index < -0.39 is 10.0 Å². The van der Waals surface area contributed by atoms with Crippen LogP contribution in [0.15, 0.2) is 58.3 Å². The van der Waals surface area contributed by atoms with Gasteiger partial charge in [0.2, 0.25) is 15.9 Å². The summed E-state index contributed by atoms with van der Waals surface area (Å²) in [4.78, 5) is 13.7. The summed E-state index contributed by atoms with van der Waals surface area (Å²) >= 11 is 1.70. The number of nitrogens with one attached hydrogen (secondary N) is 1. The average molecular weight is 437 g/mol. The molecule has 1 amide bonds. The first-order chi connectivity index (χ1) is 13.9. The molecule has 8 heteroatoms. The molecule has 0 saturated heterocycles. The Bertz CT molecular complexity index is 898. The molecule has 0 aliphatic heterocycles. The quantitative estimate of drug-likeness (QED) is 0.421. The third-order valence-electron chi connectivity index (χ3n) is 4.35. The number of hydrogen-bond donors (Lipinski definition) is 1. The third-order valence-corrected chi connectivity index (χ3v) is 7.49. The maximum absolute atomic E-state index is 12.7. The molecule has 158 valence electrons. The fraction of sp³-hybridized carbons (Fsp3) is 0.381. The SMILES string of the molecule is CCN(CC)S(=O)(=O)c1ccc(OC)c(NC(=O)CCCSc2ccccc2)c1. The van der Waals surface area contributed by atoms with E-state index in [2.05, 4.69) is 5.32 Å². The Morgan fingerprint density at radius 1 is 1.10 bits per heavy atom. The van der Waals surface area contributed by atoms with Crippen LogP contribution in [0, 0.1) is 0 Å². The van der Waals surface area contributed by atoms with Crippen molar-refractivity contribution in [3.8, 4) is 5.75 Å². The Morgan fingerprint density at radius 3 is 2.41 bits per heavy atom. The first-order valence-electron chi connectivity index (χ1n) is 9.58. The second-order valence-electron chi connectivity index (χ2n) is 6.26. The first kappa shape index (κ1) is 23.3. The van der Waals surface area contributed by atoms with Crippen molar-refractivity contribution in [2.24, 2.45) is 0 Å². The van der Waals surface area contributed by atoms with Crippen LogP contribution in [0.5, 0.6) is 5.75 Å². The number of sulfonamides is 1. The molecule has 0 fully saturated rings. The minimum absolute atomic E-state index is 0.136. The van der Waals surface area contributed by atoms with E-state index in [4.69, 9.17) is 4.74 Å². The van der Waals surface area contributed by atoms with Crippen molar-refractivity contribution in [2.75, 3.05) is 31.3 Å². The number of methoxy groups -OCH3 is 1. The highest BCUT2D eigenvalue weighted by Gasteiger charge is 2.23. The molecule has 2 aromatic rings. The lowest BCUT2D eigenvalue weighted by Gasteiger charge is -2.19. The number of ether oxygens (including phenoxy) is 1. The van der Waals surface area contributed by atoms with Crippen molar-refractivity contribution in [3.63, 3.8) is 0 Å². The predicted octanol–water partition coefficient (Wildman–Crippen LogP) is 4.24. The van der Waals surface area contributed by atoms with Crippen LogP contribution in [-0.4, -0.2) is 44.6 Å². The third kappa shape index (κ3) is 6.48. The van der Waals surface area contributed by atoms with Crippen molar-refractivity contribution >= 4 is 33.4 Å². The number of amides is 1. The molecule has 6 nitrogen and oxygen atoms in total. The normalized spacial score (nSPS) is 11.4. The Morgan fingerprint density at radius 2 is 1.79 bits per heavy atom. The van der Waals surface area contributed by atoms with Crippen molar-refractivity contribution in [1.29, 1.82) is 0 Å². The number of nitrogens with zero attached hydrogens (tertiary/aromatic N) is 1. The highest BCUT2D eigenvalue weighted by molar-refractivity contribution is 7.99.